The minimum atomic E-state index is 0.700. The van der Waals surface area contributed by atoms with Gasteiger partial charge in [-0.25, -0.2) is 0 Å². The van der Waals surface area contributed by atoms with Crippen LogP contribution in [0, 0.1) is 0 Å². The lowest BCUT2D eigenvalue weighted by molar-refractivity contribution is 0.344. The van der Waals surface area contributed by atoms with Gasteiger partial charge in [0.05, 0.1) is 6.61 Å². The summed E-state index contributed by atoms with van der Waals surface area (Å²) in [6, 6.07) is 12.5. The third-order valence-electron chi connectivity index (χ3n) is 2.64. The Bertz CT molecular complexity index is 491. The zero-order valence-electron chi connectivity index (χ0n) is 10.0. The third kappa shape index (κ3) is 1.83. The Morgan fingerprint density at radius 1 is 1.00 bits per heavy atom. The van der Waals surface area contributed by atoms with Crippen molar-refractivity contribution in [3.8, 4) is 5.75 Å². The normalized spacial score (nSPS) is 10.4. The number of nitrogens with zero attached hydrogens (tertiary/aromatic N) is 1. The number of hydrogen-bond donors (Lipinski definition) is 0. The molecule has 0 aliphatic carbocycles. The van der Waals surface area contributed by atoms with Crippen molar-refractivity contribution in [2.24, 2.45) is 0 Å². The van der Waals surface area contributed by atoms with Gasteiger partial charge in [-0.2, -0.15) is 0 Å². The van der Waals surface area contributed by atoms with Gasteiger partial charge in [-0.15, -0.1) is 0 Å². The highest BCUT2D eigenvalue weighted by Gasteiger charge is 2.06. The summed E-state index contributed by atoms with van der Waals surface area (Å²) in [6.07, 6.45) is 0. The van der Waals surface area contributed by atoms with E-state index in [0.29, 0.717) is 6.61 Å². The molecule has 84 valence electrons. The lowest BCUT2D eigenvalue weighted by Crippen LogP contribution is -2.08. The summed E-state index contributed by atoms with van der Waals surface area (Å²) in [7, 11) is 4.12. The average molecular weight is 215 g/mol. The molecule has 0 saturated heterocycles. The van der Waals surface area contributed by atoms with Crippen molar-refractivity contribution >= 4 is 16.5 Å². The molecule has 16 heavy (non-hydrogen) atoms. The predicted octanol–water partition coefficient (Wildman–Crippen LogP) is 3.30. The molecule has 0 heterocycles. The molecule has 0 N–H and O–H groups in total. The lowest BCUT2D eigenvalue weighted by Gasteiger charge is -2.16. The molecule has 0 saturated carbocycles. The monoisotopic (exact) mass is 215 g/mol. The van der Waals surface area contributed by atoms with Crippen molar-refractivity contribution < 1.29 is 4.74 Å². The Morgan fingerprint density at radius 2 is 1.69 bits per heavy atom. The molecule has 0 fully saturated rings. The molecule has 0 atom stereocenters. The zero-order valence-corrected chi connectivity index (χ0v) is 10.0. The van der Waals surface area contributed by atoms with Crippen molar-refractivity contribution in [2.75, 3.05) is 25.6 Å². The van der Waals surface area contributed by atoms with Gasteiger partial charge < -0.3 is 9.64 Å². The summed E-state index contributed by atoms with van der Waals surface area (Å²) in [4.78, 5) is 2.12. The van der Waals surface area contributed by atoms with E-state index in [4.69, 9.17) is 4.74 Å². The van der Waals surface area contributed by atoms with Gasteiger partial charge in [0.25, 0.3) is 0 Å². The molecule has 0 aliphatic rings. The molecule has 2 heteroatoms. The van der Waals surface area contributed by atoms with Crippen LogP contribution in [0.4, 0.5) is 5.69 Å². The van der Waals surface area contributed by atoms with Crippen LogP contribution in [0.15, 0.2) is 36.4 Å². The zero-order chi connectivity index (χ0) is 11.5. The molecule has 0 radical (unpaired) electrons. The molecule has 2 aromatic carbocycles. The van der Waals surface area contributed by atoms with Crippen LogP contribution in [-0.4, -0.2) is 20.7 Å². The first kappa shape index (κ1) is 10.8. The Balaban J connectivity index is 2.66. The summed E-state index contributed by atoms with van der Waals surface area (Å²) in [5.41, 5.74) is 1.22. The van der Waals surface area contributed by atoms with Crippen LogP contribution in [-0.2, 0) is 0 Å². The van der Waals surface area contributed by atoms with Crippen LogP contribution in [0.2, 0.25) is 0 Å². The van der Waals surface area contributed by atoms with Gasteiger partial charge in [-0.05, 0) is 19.1 Å². The topological polar surface area (TPSA) is 12.5 Å². The SMILES string of the molecule is CCOc1cccc2c(N(C)C)cccc12. The van der Waals surface area contributed by atoms with Crippen molar-refractivity contribution in [1.29, 1.82) is 0 Å². The quantitative estimate of drug-likeness (QED) is 0.779. The molecular formula is C14H17NO. The summed E-state index contributed by atoms with van der Waals surface area (Å²) >= 11 is 0. The first-order valence-corrected chi connectivity index (χ1v) is 5.56. The fraction of sp³-hybridized carbons (Fsp3) is 0.286. The smallest absolute Gasteiger partial charge is 0.127 e. The van der Waals surface area contributed by atoms with E-state index in [-0.39, 0.29) is 0 Å². The van der Waals surface area contributed by atoms with Crippen LogP contribution in [0.5, 0.6) is 5.75 Å². The molecule has 0 aromatic heterocycles. The summed E-state index contributed by atoms with van der Waals surface area (Å²) in [5, 5.41) is 2.41. The molecular weight excluding hydrogens is 198 g/mol. The predicted molar refractivity (Wildman–Crippen MR) is 69.4 cm³/mol. The Hall–Kier alpha value is -1.70. The van der Waals surface area contributed by atoms with E-state index < -0.39 is 0 Å². The van der Waals surface area contributed by atoms with Crippen LogP contribution in [0.3, 0.4) is 0 Å². The minimum Gasteiger partial charge on any atom is -0.493 e. The van der Waals surface area contributed by atoms with E-state index in [1.165, 1.54) is 16.5 Å². The average Bonchev–Trinajstić information content (AvgIpc) is 2.29. The largest absolute Gasteiger partial charge is 0.493 e. The Kier molecular flexibility index (Phi) is 3.00. The van der Waals surface area contributed by atoms with Gasteiger partial charge in [0, 0.05) is 30.6 Å². The molecule has 2 rings (SSSR count). The summed E-state index contributed by atoms with van der Waals surface area (Å²) in [5.74, 6) is 0.962. The molecule has 0 spiro atoms. The standard InChI is InChI=1S/C14H17NO/c1-4-16-14-10-6-7-11-12(14)8-5-9-13(11)15(2)3/h5-10H,4H2,1-3H3. The number of hydrogen-bond acceptors (Lipinski definition) is 2. The Morgan fingerprint density at radius 3 is 2.38 bits per heavy atom. The van der Waals surface area contributed by atoms with Crippen LogP contribution < -0.4 is 9.64 Å². The second-order valence-corrected chi connectivity index (χ2v) is 3.96. The lowest BCUT2D eigenvalue weighted by atomic mass is 10.1. The van der Waals surface area contributed by atoms with Crippen molar-refractivity contribution in [3.63, 3.8) is 0 Å². The molecule has 0 bridgehead atoms. The van der Waals surface area contributed by atoms with Gasteiger partial charge in [0.15, 0.2) is 0 Å². The van der Waals surface area contributed by atoms with E-state index in [0.717, 1.165) is 5.75 Å². The van der Waals surface area contributed by atoms with Gasteiger partial charge >= 0.3 is 0 Å². The van der Waals surface area contributed by atoms with Crippen molar-refractivity contribution in [3.05, 3.63) is 36.4 Å². The molecule has 2 nitrogen and oxygen atoms in total. The van der Waals surface area contributed by atoms with Gasteiger partial charge in [-0.3, -0.25) is 0 Å². The molecule has 0 aliphatic heterocycles. The van der Waals surface area contributed by atoms with Crippen molar-refractivity contribution in [1.82, 2.24) is 0 Å². The maximum Gasteiger partial charge on any atom is 0.127 e. The number of ether oxygens (including phenoxy) is 1. The maximum atomic E-state index is 5.64. The highest BCUT2D eigenvalue weighted by Crippen LogP contribution is 2.31. The second-order valence-electron chi connectivity index (χ2n) is 3.96. The highest BCUT2D eigenvalue weighted by atomic mass is 16.5. The third-order valence-corrected chi connectivity index (χ3v) is 2.64. The van der Waals surface area contributed by atoms with E-state index in [1.807, 2.05) is 19.1 Å². The fourth-order valence-corrected chi connectivity index (χ4v) is 1.94. The first-order chi connectivity index (χ1) is 7.74. The second kappa shape index (κ2) is 4.44. The number of fused-ring (bicyclic) bond motifs is 1. The van der Waals surface area contributed by atoms with Crippen LogP contribution in [0.25, 0.3) is 10.8 Å². The van der Waals surface area contributed by atoms with Gasteiger partial charge in [0.2, 0.25) is 0 Å². The summed E-state index contributed by atoms with van der Waals surface area (Å²) in [6.45, 7) is 2.71. The molecule has 2 aromatic rings. The van der Waals surface area contributed by atoms with E-state index in [2.05, 4.69) is 43.3 Å². The van der Waals surface area contributed by atoms with E-state index in [9.17, 15) is 0 Å². The van der Waals surface area contributed by atoms with Gasteiger partial charge in [0.1, 0.15) is 5.75 Å². The molecule has 0 unspecified atom stereocenters. The number of anilines is 1. The van der Waals surface area contributed by atoms with E-state index >= 15 is 0 Å². The maximum absolute atomic E-state index is 5.64. The van der Waals surface area contributed by atoms with Gasteiger partial charge in [-0.1, -0.05) is 24.3 Å². The van der Waals surface area contributed by atoms with E-state index in [1.54, 1.807) is 0 Å². The number of benzene rings is 2. The number of rotatable bonds is 3. The first-order valence-electron chi connectivity index (χ1n) is 5.56. The Labute approximate surface area is 96.4 Å². The van der Waals surface area contributed by atoms with Crippen LogP contribution >= 0.6 is 0 Å². The summed E-state index contributed by atoms with van der Waals surface area (Å²) < 4.78 is 5.64. The van der Waals surface area contributed by atoms with Crippen LogP contribution in [0.1, 0.15) is 6.92 Å². The fourth-order valence-electron chi connectivity index (χ4n) is 1.94. The van der Waals surface area contributed by atoms with Crippen molar-refractivity contribution in [2.45, 2.75) is 6.92 Å². The highest BCUT2D eigenvalue weighted by molar-refractivity contribution is 5.97. The minimum absolute atomic E-state index is 0.700. The molecule has 0 amide bonds.